The number of anilines is 1. The maximum Gasteiger partial charge on any atom is 0.251 e. The van der Waals surface area contributed by atoms with Crippen LogP contribution in [0.15, 0.2) is 66.9 Å². The first kappa shape index (κ1) is 20.2. The normalized spacial score (nSPS) is 10.3. The van der Waals surface area contributed by atoms with Gasteiger partial charge in [-0.2, -0.15) is 0 Å². The average molecular weight is 391 g/mol. The van der Waals surface area contributed by atoms with Crippen LogP contribution in [0.25, 0.3) is 0 Å². The van der Waals surface area contributed by atoms with Crippen molar-refractivity contribution >= 4 is 11.7 Å². The van der Waals surface area contributed by atoms with Gasteiger partial charge in [0.1, 0.15) is 5.82 Å². The van der Waals surface area contributed by atoms with Crippen molar-refractivity contribution in [1.29, 1.82) is 0 Å². The Hall–Kier alpha value is -3.54. The number of hydrogen-bond acceptors (Lipinski definition) is 5. The van der Waals surface area contributed by atoms with Crippen LogP contribution in [0.1, 0.15) is 21.5 Å². The van der Waals surface area contributed by atoms with E-state index in [0.29, 0.717) is 29.4 Å². The molecule has 0 aliphatic carbocycles. The van der Waals surface area contributed by atoms with Crippen molar-refractivity contribution in [3.8, 4) is 11.5 Å². The van der Waals surface area contributed by atoms with Crippen LogP contribution in [0.4, 0.5) is 5.82 Å². The molecule has 0 fully saturated rings. The van der Waals surface area contributed by atoms with Crippen molar-refractivity contribution in [1.82, 2.24) is 10.3 Å². The third-order valence-corrected chi connectivity index (χ3v) is 4.49. The molecule has 2 N–H and O–H groups in total. The maximum atomic E-state index is 12.5. The summed E-state index contributed by atoms with van der Waals surface area (Å²) in [6.07, 6.45) is 2.52. The molecule has 0 bridgehead atoms. The van der Waals surface area contributed by atoms with Crippen molar-refractivity contribution in [2.75, 3.05) is 26.1 Å². The molecular weight excluding hydrogens is 366 g/mol. The fourth-order valence-electron chi connectivity index (χ4n) is 2.92. The van der Waals surface area contributed by atoms with Crippen molar-refractivity contribution in [3.63, 3.8) is 0 Å². The quantitative estimate of drug-likeness (QED) is 0.582. The van der Waals surface area contributed by atoms with Gasteiger partial charge in [0.15, 0.2) is 11.5 Å². The number of pyridine rings is 1. The lowest BCUT2D eigenvalue weighted by atomic mass is 10.1. The van der Waals surface area contributed by atoms with Gasteiger partial charge < -0.3 is 20.1 Å². The van der Waals surface area contributed by atoms with Gasteiger partial charge in [0.25, 0.3) is 5.91 Å². The molecule has 2 aromatic carbocycles. The van der Waals surface area contributed by atoms with Gasteiger partial charge in [-0.25, -0.2) is 4.98 Å². The number of amides is 1. The number of hydrogen-bond donors (Lipinski definition) is 2. The maximum absolute atomic E-state index is 12.5. The Labute approximate surface area is 170 Å². The molecule has 0 unspecified atom stereocenters. The Bertz CT molecular complexity index is 945. The Kier molecular flexibility index (Phi) is 7.05. The first-order valence-corrected chi connectivity index (χ1v) is 9.42. The molecule has 3 rings (SSSR count). The molecule has 6 heteroatoms. The zero-order valence-corrected chi connectivity index (χ0v) is 16.6. The number of methoxy groups -OCH3 is 2. The van der Waals surface area contributed by atoms with Crippen LogP contribution in [-0.4, -0.2) is 31.7 Å². The van der Waals surface area contributed by atoms with Crippen LogP contribution in [0.3, 0.4) is 0 Å². The summed E-state index contributed by atoms with van der Waals surface area (Å²) >= 11 is 0. The van der Waals surface area contributed by atoms with Crippen LogP contribution in [0, 0.1) is 0 Å². The highest BCUT2D eigenvalue weighted by atomic mass is 16.5. The highest BCUT2D eigenvalue weighted by molar-refractivity contribution is 5.94. The molecule has 0 atom stereocenters. The van der Waals surface area contributed by atoms with Crippen molar-refractivity contribution in [3.05, 3.63) is 83.6 Å². The predicted octanol–water partition coefficient (Wildman–Crippen LogP) is 3.68. The van der Waals surface area contributed by atoms with E-state index in [1.165, 1.54) is 5.56 Å². The van der Waals surface area contributed by atoms with E-state index in [-0.39, 0.29) is 5.91 Å². The molecule has 0 saturated heterocycles. The second-order valence-electron chi connectivity index (χ2n) is 6.46. The third-order valence-electron chi connectivity index (χ3n) is 4.49. The number of nitrogens with one attached hydrogen (secondary N) is 2. The highest BCUT2D eigenvalue weighted by Crippen LogP contribution is 2.27. The lowest BCUT2D eigenvalue weighted by Gasteiger charge is -2.11. The van der Waals surface area contributed by atoms with E-state index in [4.69, 9.17) is 9.47 Å². The lowest BCUT2D eigenvalue weighted by Crippen LogP contribution is -2.23. The number of rotatable bonds is 9. The number of aromatic nitrogens is 1. The Morgan fingerprint density at radius 1 is 0.931 bits per heavy atom. The Morgan fingerprint density at radius 3 is 2.48 bits per heavy atom. The minimum Gasteiger partial charge on any atom is -0.493 e. The van der Waals surface area contributed by atoms with E-state index in [2.05, 4.69) is 27.8 Å². The van der Waals surface area contributed by atoms with Gasteiger partial charge in [0.2, 0.25) is 0 Å². The summed E-state index contributed by atoms with van der Waals surface area (Å²) in [5.74, 6) is 1.81. The van der Waals surface area contributed by atoms with E-state index in [1.807, 2.05) is 36.4 Å². The molecule has 1 heterocycles. The van der Waals surface area contributed by atoms with Crippen molar-refractivity contribution < 1.29 is 14.3 Å². The summed E-state index contributed by atoms with van der Waals surface area (Å²) in [4.78, 5) is 16.8. The number of benzene rings is 2. The summed E-state index contributed by atoms with van der Waals surface area (Å²) in [5.41, 5.74) is 2.73. The number of nitrogens with zero attached hydrogens (tertiary/aromatic N) is 1. The van der Waals surface area contributed by atoms with E-state index in [0.717, 1.165) is 18.5 Å². The molecule has 0 radical (unpaired) electrons. The second kappa shape index (κ2) is 10.1. The Balaban J connectivity index is 1.55. The topological polar surface area (TPSA) is 72.5 Å². The number of carbonyl (C=O) groups excluding carboxylic acids is 1. The largest absolute Gasteiger partial charge is 0.493 e. The summed E-state index contributed by atoms with van der Waals surface area (Å²) in [6.45, 7) is 1.13. The van der Waals surface area contributed by atoms with Crippen molar-refractivity contribution in [2.24, 2.45) is 0 Å². The molecule has 1 amide bonds. The summed E-state index contributed by atoms with van der Waals surface area (Å²) in [7, 11) is 3.18. The van der Waals surface area contributed by atoms with Crippen LogP contribution < -0.4 is 20.1 Å². The first-order valence-electron chi connectivity index (χ1n) is 9.42. The molecule has 3 aromatic rings. The van der Waals surface area contributed by atoms with Gasteiger partial charge >= 0.3 is 0 Å². The smallest absolute Gasteiger partial charge is 0.251 e. The molecular formula is C23H25N3O3. The van der Waals surface area contributed by atoms with E-state index in [9.17, 15) is 4.79 Å². The van der Waals surface area contributed by atoms with E-state index in [1.54, 1.807) is 32.5 Å². The summed E-state index contributed by atoms with van der Waals surface area (Å²) < 4.78 is 10.5. The van der Waals surface area contributed by atoms with Gasteiger partial charge in [-0.3, -0.25) is 4.79 Å². The fourth-order valence-corrected chi connectivity index (χ4v) is 2.92. The van der Waals surface area contributed by atoms with Gasteiger partial charge in [0, 0.05) is 24.8 Å². The first-order chi connectivity index (χ1) is 14.2. The monoisotopic (exact) mass is 391 g/mol. The molecule has 29 heavy (non-hydrogen) atoms. The average Bonchev–Trinajstić information content (AvgIpc) is 2.78. The van der Waals surface area contributed by atoms with Gasteiger partial charge in [-0.15, -0.1) is 0 Å². The molecule has 1 aromatic heterocycles. The summed E-state index contributed by atoms with van der Waals surface area (Å²) in [5, 5.41) is 6.19. The standard InChI is InChI=1S/C23H25N3O3/c1-28-20-9-8-18(14-21(20)29-2)16-26-23(27)19-11-13-25-22(15-19)24-12-10-17-6-4-3-5-7-17/h3-9,11,13-15H,10,12,16H2,1-2H3,(H,24,25)(H,26,27). The molecule has 0 aliphatic rings. The zero-order valence-electron chi connectivity index (χ0n) is 16.6. The van der Waals surface area contributed by atoms with Gasteiger partial charge in [0.05, 0.1) is 14.2 Å². The lowest BCUT2D eigenvalue weighted by molar-refractivity contribution is 0.0951. The predicted molar refractivity (Wildman–Crippen MR) is 114 cm³/mol. The van der Waals surface area contributed by atoms with E-state index >= 15 is 0 Å². The number of carbonyl (C=O) groups is 1. The Morgan fingerprint density at radius 2 is 1.72 bits per heavy atom. The highest BCUT2D eigenvalue weighted by Gasteiger charge is 2.09. The van der Waals surface area contributed by atoms with Crippen LogP contribution in [0.5, 0.6) is 11.5 Å². The van der Waals surface area contributed by atoms with Crippen LogP contribution >= 0.6 is 0 Å². The van der Waals surface area contributed by atoms with E-state index < -0.39 is 0 Å². The minimum absolute atomic E-state index is 0.159. The third kappa shape index (κ3) is 5.72. The van der Waals surface area contributed by atoms with Crippen LogP contribution in [-0.2, 0) is 13.0 Å². The molecule has 6 nitrogen and oxygen atoms in total. The van der Waals surface area contributed by atoms with Crippen molar-refractivity contribution in [2.45, 2.75) is 13.0 Å². The zero-order chi connectivity index (χ0) is 20.5. The number of ether oxygens (including phenoxy) is 2. The SMILES string of the molecule is COc1ccc(CNC(=O)c2ccnc(NCCc3ccccc3)c2)cc1OC. The molecule has 0 saturated carbocycles. The molecule has 0 spiro atoms. The fraction of sp³-hybridized carbons (Fsp3) is 0.217. The van der Waals surface area contributed by atoms with Gasteiger partial charge in [-0.05, 0) is 41.8 Å². The van der Waals surface area contributed by atoms with Crippen LogP contribution in [0.2, 0.25) is 0 Å². The molecule has 0 aliphatic heterocycles. The molecule has 150 valence electrons. The summed E-state index contributed by atoms with van der Waals surface area (Å²) in [6, 6.07) is 19.3. The van der Waals surface area contributed by atoms with Gasteiger partial charge in [-0.1, -0.05) is 36.4 Å². The second-order valence-corrected chi connectivity index (χ2v) is 6.46. The minimum atomic E-state index is -0.159.